The lowest BCUT2D eigenvalue weighted by Gasteiger charge is -2.08. The molecule has 3 aromatic rings. The van der Waals surface area contributed by atoms with Crippen molar-refractivity contribution < 1.29 is 9.21 Å². The molecule has 24 heavy (non-hydrogen) atoms. The number of fused-ring (bicyclic) bond motifs is 1. The van der Waals surface area contributed by atoms with Crippen LogP contribution in [0.4, 0.5) is 16.2 Å². The van der Waals surface area contributed by atoms with E-state index < -0.39 is 0 Å². The summed E-state index contributed by atoms with van der Waals surface area (Å²) < 4.78 is 6.83. The zero-order valence-corrected chi connectivity index (χ0v) is 13.6. The number of nitrogens with zero attached hydrogens (tertiary/aromatic N) is 1. The summed E-state index contributed by atoms with van der Waals surface area (Å²) in [5, 5.41) is 5.49. The Bertz CT molecular complexity index is 923. The van der Waals surface area contributed by atoms with E-state index in [0.717, 1.165) is 17.5 Å². The summed E-state index contributed by atoms with van der Waals surface area (Å²) in [5.74, 6) is -0.381. The molecule has 124 valence electrons. The predicted octanol–water partition coefficient (Wildman–Crippen LogP) is 3.96. The normalized spacial score (nSPS) is 10.8. The van der Waals surface area contributed by atoms with E-state index in [4.69, 9.17) is 4.42 Å². The number of aryl methyl sites for hydroxylation is 2. The first-order chi connectivity index (χ1) is 11.6. The van der Waals surface area contributed by atoms with Crippen LogP contribution in [-0.4, -0.2) is 10.6 Å². The van der Waals surface area contributed by atoms with Crippen LogP contribution < -0.4 is 16.4 Å². The number of anilines is 2. The van der Waals surface area contributed by atoms with Gasteiger partial charge in [0.25, 0.3) is 0 Å². The molecular formula is C18H19N3O3. The Morgan fingerprint density at radius 2 is 1.75 bits per heavy atom. The van der Waals surface area contributed by atoms with Gasteiger partial charge in [0.05, 0.1) is 5.52 Å². The van der Waals surface area contributed by atoms with Gasteiger partial charge in [-0.2, -0.15) is 0 Å². The van der Waals surface area contributed by atoms with Gasteiger partial charge in [-0.1, -0.05) is 24.6 Å². The molecular weight excluding hydrogens is 306 g/mol. The smallest absolute Gasteiger partial charge is 0.408 e. The van der Waals surface area contributed by atoms with E-state index in [9.17, 15) is 9.59 Å². The minimum absolute atomic E-state index is 0.353. The molecule has 2 amide bonds. The molecule has 1 aromatic heterocycles. The third kappa shape index (κ3) is 3.32. The van der Waals surface area contributed by atoms with Gasteiger partial charge in [0.1, 0.15) is 0 Å². The highest BCUT2D eigenvalue weighted by atomic mass is 16.4. The lowest BCUT2D eigenvalue weighted by atomic mass is 10.2. The summed E-state index contributed by atoms with van der Waals surface area (Å²) in [7, 11) is 0. The second kappa shape index (κ2) is 6.62. The Morgan fingerprint density at radius 1 is 1.08 bits per heavy atom. The van der Waals surface area contributed by atoms with Crippen LogP contribution in [-0.2, 0) is 6.54 Å². The van der Waals surface area contributed by atoms with Crippen molar-refractivity contribution in [2.75, 3.05) is 10.6 Å². The van der Waals surface area contributed by atoms with E-state index in [1.165, 1.54) is 0 Å². The van der Waals surface area contributed by atoms with Gasteiger partial charge in [-0.3, -0.25) is 4.57 Å². The monoisotopic (exact) mass is 325 g/mol. The molecule has 0 atom stereocenters. The Hall–Kier alpha value is -3.02. The van der Waals surface area contributed by atoms with E-state index >= 15 is 0 Å². The summed E-state index contributed by atoms with van der Waals surface area (Å²) in [5.41, 5.74) is 3.58. The molecule has 0 spiro atoms. The summed E-state index contributed by atoms with van der Waals surface area (Å²) in [6, 6.07) is 12.3. The molecule has 0 radical (unpaired) electrons. The molecule has 3 rings (SSSR count). The maximum atomic E-state index is 12.1. The minimum atomic E-state index is -0.381. The Balaban J connectivity index is 1.76. The molecule has 1 heterocycles. The Kier molecular flexibility index (Phi) is 4.37. The number of benzene rings is 2. The van der Waals surface area contributed by atoms with Crippen LogP contribution >= 0.6 is 0 Å². The largest absolute Gasteiger partial charge is 0.419 e. The lowest BCUT2D eigenvalue weighted by molar-refractivity contribution is 0.262. The Morgan fingerprint density at radius 3 is 2.46 bits per heavy atom. The van der Waals surface area contributed by atoms with Crippen molar-refractivity contribution in [1.29, 1.82) is 0 Å². The highest BCUT2D eigenvalue weighted by Gasteiger charge is 2.10. The number of nitrogens with one attached hydrogen (secondary N) is 2. The summed E-state index contributed by atoms with van der Waals surface area (Å²) in [4.78, 5) is 23.9. The zero-order valence-electron chi connectivity index (χ0n) is 13.6. The summed E-state index contributed by atoms with van der Waals surface area (Å²) in [6.07, 6.45) is 0.841. The first kappa shape index (κ1) is 15.9. The van der Waals surface area contributed by atoms with Crippen LogP contribution in [0, 0.1) is 6.92 Å². The SMILES string of the molecule is CCCn1c(=O)oc2cc(NC(=O)Nc3ccc(C)cc3)ccc21. The fourth-order valence-corrected chi connectivity index (χ4v) is 2.51. The number of urea groups is 1. The molecule has 2 N–H and O–H groups in total. The molecule has 0 aliphatic carbocycles. The number of carbonyl (C=O) groups is 1. The Labute approximate surface area is 139 Å². The maximum absolute atomic E-state index is 12.1. The van der Waals surface area contributed by atoms with Gasteiger partial charge >= 0.3 is 11.8 Å². The van der Waals surface area contributed by atoms with Gasteiger partial charge in [0, 0.05) is 24.0 Å². The second-order valence-electron chi connectivity index (χ2n) is 5.65. The molecule has 6 nitrogen and oxygen atoms in total. The minimum Gasteiger partial charge on any atom is -0.408 e. The predicted molar refractivity (Wildman–Crippen MR) is 94.6 cm³/mol. The number of oxazole rings is 1. The van der Waals surface area contributed by atoms with Gasteiger partial charge in [-0.15, -0.1) is 0 Å². The van der Waals surface area contributed by atoms with Crippen LogP contribution in [0.3, 0.4) is 0 Å². The number of aromatic nitrogens is 1. The fraction of sp³-hybridized carbons (Fsp3) is 0.222. The molecule has 0 aliphatic heterocycles. The molecule has 6 heteroatoms. The molecule has 0 bridgehead atoms. The van der Waals surface area contributed by atoms with Crippen LogP contribution in [0.2, 0.25) is 0 Å². The van der Waals surface area contributed by atoms with E-state index in [0.29, 0.717) is 23.5 Å². The van der Waals surface area contributed by atoms with Gasteiger partial charge in [-0.25, -0.2) is 9.59 Å². The first-order valence-electron chi connectivity index (χ1n) is 7.85. The second-order valence-corrected chi connectivity index (χ2v) is 5.65. The quantitative estimate of drug-likeness (QED) is 0.762. The fourth-order valence-electron chi connectivity index (χ4n) is 2.51. The average molecular weight is 325 g/mol. The summed E-state index contributed by atoms with van der Waals surface area (Å²) >= 11 is 0. The van der Waals surface area contributed by atoms with E-state index in [1.807, 2.05) is 38.1 Å². The van der Waals surface area contributed by atoms with Crippen LogP contribution in [0.1, 0.15) is 18.9 Å². The van der Waals surface area contributed by atoms with Crippen LogP contribution in [0.5, 0.6) is 0 Å². The van der Waals surface area contributed by atoms with E-state index in [-0.39, 0.29) is 11.8 Å². The molecule has 0 saturated heterocycles. The number of hydrogen-bond acceptors (Lipinski definition) is 3. The van der Waals surface area contributed by atoms with Crippen molar-refractivity contribution in [3.63, 3.8) is 0 Å². The standard InChI is InChI=1S/C18H19N3O3/c1-3-10-21-15-9-8-14(11-16(15)24-18(21)23)20-17(22)19-13-6-4-12(2)5-7-13/h4-9,11H,3,10H2,1-2H3,(H2,19,20,22). The molecule has 2 aromatic carbocycles. The van der Waals surface area contributed by atoms with Crippen molar-refractivity contribution in [3.8, 4) is 0 Å². The van der Waals surface area contributed by atoms with Crippen molar-refractivity contribution in [2.24, 2.45) is 0 Å². The molecule has 0 fully saturated rings. The number of rotatable bonds is 4. The number of hydrogen-bond donors (Lipinski definition) is 2. The third-order valence-corrected chi connectivity index (χ3v) is 3.68. The van der Waals surface area contributed by atoms with Crippen molar-refractivity contribution >= 4 is 28.5 Å². The highest BCUT2D eigenvalue weighted by Crippen LogP contribution is 2.19. The topological polar surface area (TPSA) is 76.3 Å². The van der Waals surface area contributed by atoms with Crippen molar-refractivity contribution in [2.45, 2.75) is 26.8 Å². The zero-order chi connectivity index (χ0) is 17.1. The first-order valence-corrected chi connectivity index (χ1v) is 7.85. The van der Waals surface area contributed by atoms with Gasteiger partial charge in [-0.05, 0) is 37.6 Å². The average Bonchev–Trinajstić information content (AvgIpc) is 2.85. The van der Waals surface area contributed by atoms with Crippen LogP contribution in [0.15, 0.2) is 51.7 Å². The number of amides is 2. The molecule has 0 unspecified atom stereocenters. The van der Waals surface area contributed by atoms with Crippen molar-refractivity contribution in [3.05, 3.63) is 58.6 Å². The molecule has 0 saturated carbocycles. The van der Waals surface area contributed by atoms with Crippen LogP contribution in [0.25, 0.3) is 11.1 Å². The third-order valence-electron chi connectivity index (χ3n) is 3.68. The van der Waals surface area contributed by atoms with Crippen molar-refractivity contribution in [1.82, 2.24) is 4.57 Å². The summed E-state index contributed by atoms with van der Waals surface area (Å²) in [6.45, 7) is 4.58. The number of carbonyl (C=O) groups excluding carboxylic acids is 1. The van der Waals surface area contributed by atoms with E-state index in [1.54, 1.807) is 22.8 Å². The molecule has 0 aliphatic rings. The van der Waals surface area contributed by atoms with Gasteiger partial charge in [0.2, 0.25) is 0 Å². The highest BCUT2D eigenvalue weighted by molar-refractivity contribution is 6.00. The van der Waals surface area contributed by atoms with Gasteiger partial charge < -0.3 is 15.1 Å². The maximum Gasteiger partial charge on any atom is 0.419 e. The van der Waals surface area contributed by atoms with Gasteiger partial charge in [0.15, 0.2) is 5.58 Å². The van der Waals surface area contributed by atoms with E-state index in [2.05, 4.69) is 10.6 Å². The lowest BCUT2D eigenvalue weighted by Crippen LogP contribution is -2.19.